The minimum Gasteiger partial charge on any atom is -0.488 e. The third-order valence-electron chi connectivity index (χ3n) is 2.85. The number of rotatable bonds is 4. The molecule has 1 fully saturated rings. The molecule has 1 aliphatic rings. The van der Waals surface area contributed by atoms with Crippen LogP contribution in [0.25, 0.3) is 0 Å². The van der Waals surface area contributed by atoms with Gasteiger partial charge in [0.1, 0.15) is 0 Å². The van der Waals surface area contributed by atoms with E-state index in [0.29, 0.717) is 6.42 Å². The summed E-state index contributed by atoms with van der Waals surface area (Å²) in [7, 11) is 0. The van der Waals surface area contributed by atoms with Gasteiger partial charge in [0, 0.05) is 0 Å². The van der Waals surface area contributed by atoms with Crippen molar-refractivity contribution in [3.8, 4) is 5.75 Å². The molecule has 4 heteroatoms. The Morgan fingerprint density at radius 2 is 2.24 bits per heavy atom. The molecule has 3 nitrogen and oxygen atoms in total. The van der Waals surface area contributed by atoms with Crippen LogP contribution in [-0.4, -0.2) is 17.2 Å². The molecule has 0 saturated heterocycles. The largest absolute Gasteiger partial charge is 0.488 e. The highest BCUT2D eigenvalue weighted by molar-refractivity contribution is 5.75. The van der Waals surface area contributed by atoms with Crippen LogP contribution >= 0.6 is 0 Å². The van der Waals surface area contributed by atoms with Gasteiger partial charge < -0.3 is 9.84 Å². The summed E-state index contributed by atoms with van der Waals surface area (Å²) in [5, 5.41) is 8.81. The number of halogens is 1. The molecule has 1 aromatic carbocycles. The first-order valence-electron chi connectivity index (χ1n) is 5.68. The summed E-state index contributed by atoms with van der Waals surface area (Å²) in [6.45, 7) is 3.66. The lowest BCUT2D eigenvalue weighted by Gasteiger charge is -2.11. The summed E-state index contributed by atoms with van der Waals surface area (Å²) >= 11 is 0. The van der Waals surface area contributed by atoms with E-state index in [2.05, 4.69) is 0 Å². The number of carboxylic acids is 1. The van der Waals surface area contributed by atoms with Crippen LogP contribution in [0.2, 0.25) is 0 Å². The van der Waals surface area contributed by atoms with Crippen LogP contribution < -0.4 is 4.74 Å². The van der Waals surface area contributed by atoms with Crippen molar-refractivity contribution < 1.29 is 19.0 Å². The Balaban J connectivity index is 2.12. The first-order valence-corrected chi connectivity index (χ1v) is 5.68. The summed E-state index contributed by atoms with van der Waals surface area (Å²) in [5.41, 5.74) is 0.742. The lowest BCUT2D eigenvalue weighted by Crippen LogP contribution is -2.07. The van der Waals surface area contributed by atoms with Gasteiger partial charge in [0.25, 0.3) is 0 Å². The van der Waals surface area contributed by atoms with Gasteiger partial charge in [0.15, 0.2) is 11.6 Å². The van der Waals surface area contributed by atoms with Crippen molar-refractivity contribution in [3.05, 3.63) is 29.6 Å². The summed E-state index contributed by atoms with van der Waals surface area (Å²) in [5.74, 6) is -1.41. The minimum atomic E-state index is -0.807. The Bertz CT molecular complexity index is 442. The molecule has 1 aliphatic carbocycles. The van der Waals surface area contributed by atoms with Crippen molar-refractivity contribution in [1.82, 2.24) is 0 Å². The Kier molecular flexibility index (Phi) is 3.05. The monoisotopic (exact) mass is 238 g/mol. The molecule has 92 valence electrons. The third kappa shape index (κ3) is 2.57. The normalized spacial score (nSPS) is 22.6. The minimum absolute atomic E-state index is 0.0462. The zero-order chi connectivity index (χ0) is 12.6. The second kappa shape index (κ2) is 4.35. The smallest absolute Gasteiger partial charge is 0.307 e. The van der Waals surface area contributed by atoms with Crippen LogP contribution in [0, 0.1) is 11.7 Å². The van der Waals surface area contributed by atoms with Crippen molar-refractivity contribution >= 4 is 5.97 Å². The van der Waals surface area contributed by atoms with Gasteiger partial charge in [-0.2, -0.15) is 0 Å². The van der Waals surface area contributed by atoms with Crippen LogP contribution in [0.1, 0.15) is 31.7 Å². The van der Waals surface area contributed by atoms with E-state index in [1.807, 2.05) is 13.8 Å². The summed E-state index contributed by atoms with van der Waals surface area (Å²) in [6.07, 6.45) is 0.516. The summed E-state index contributed by atoms with van der Waals surface area (Å²) in [6, 6.07) is 4.70. The highest BCUT2D eigenvalue weighted by Gasteiger charge is 2.44. The Morgan fingerprint density at radius 3 is 2.71 bits per heavy atom. The zero-order valence-electron chi connectivity index (χ0n) is 9.81. The van der Waals surface area contributed by atoms with E-state index in [4.69, 9.17) is 9.84 Å². The molecule has 1 N–H and O–H groups in total. The molecule has 0 heterocycles. The second-order valence-corrected chi connectivity index (χ2v) is 4.64. The van der Waals surface area contributed by atoms with Crippen molar-refractivity contribution in [3.63, 3.8) is 0 Å². The van der Waals surface area contributed by atoms with E-state index in [0.717, 1.165) is 5.56 Å². The Labute approximate surface area is 99.2 Å². The molecule has 17 heavy (non-hydrogen) atoms. The highest BCUT2D eigenvalue weighted by Crippen LogP contribution is 2.48. The SMILES string of the molecule is CC(C)Oc1ccc(C2CC2C(=O)O)cc1F. The molecule has 2 unspecified atom stereocenters. The summed E-state index contributed by atoms with van der Waals surface area (Å²) in [4.78, 5) is 10.7. The number of hydrogen-bond acceptors (Lipinski definition) is 2. The van der Waals surface area contributed by atoms with Crippen molar-refractivity contribution in [2.75, 3.05) is 0 Å². The van der Waals surface area contributed by atoms with Crippen molar-refractivity contribution in [1.29, 1.82) is 0 Å². The van der Waals surface area contributed by atoms with E-state index < -0.39 is 11.8 Å². The number of aliphatic carboxylic acids is 1. The predicted molar refractivity (Wildman–Crippen MR) is 60.6 cm³/mol. The van der Waals surface area contributed by atoms with Gasteiger partial charge in [0.2, 0.25) is 0 Å². The number of carboxylic acid groups (broad SMARTS) is 1. The van der Waals surface area contributed by atoms with E-state index in [1.54, 1.807) is 12.1 Å². The quantitative estimate of drug-likeness (QED) is 0.877. The molecule has 0 aliphatic heterocycles. The zero-order valence-corrected chi connectivity index (χ0v) is 9.81. The van der Waals surface area contributed by atoms with E-state index in [1.165, 1.54) is 6.07 Å². The maximum Gasteiger partial charge on any atom is 0.307 e. The molecule has 0 spiro atoms. The molecular formula is C13H15FO3. The molecule has 0 aromatic heterocycles. The predicted octanol–water partition coefficient (Wildman–Crippen LogP) is 2.80. The number of ether oxygens (including phenoxy) is 1. The molecular weight excluding hydrogens is 223 g/mol. The molecule has 1 aromatic rings. The van der Waals surface area contributed by atoms with E-state index >= 15 is 0 Å². The summed E-state index contributed by atoms with van der Waals surface area (Å²) < 4.78 is 18.9. The lowest BCUT2D eigenvalue weighted by atomic mass is 10.1. The third-order valence-corrected chi connectivity index (χ3v) is 2.85. The standard InChI is InChI=1S/C13H15FO3/c1-7(2)17-12-4-3-8(5-11(12)14)9-6-10(9)13(15)16/h3-5,7,9-10H,6H2,1-2H3,(H,15,16). The maximum atomic E-state index is 13.7. The number of benzene rings is 1. The Hall–Kier alpha value is -1.58. The van der Waals surface area contributed by atoms with Gasteiger partial charge in [-0.1, -0.05) is 6.07 Å². The number of carbonyl (C=O) groups is 1. The second-order valence-electron chi connectivity index (χ2n) is 4.64. The van der Waals surface area contributed by atoms with E-state index in [-0.39, 0.29) is 23.7 Å². The topological polar surface area (TPSA) is 46.5 Å². The van der Waals surface area contributed by atoms with Crippen LogP contribution in [0.4, 0.5) is 4.39 Å². The molecule has 0 bridgehead atoms. The van der Waals surface area contributed by atoms with E-state index in [9.17, 15) is 9.18 Å². The van der Waals surface area contributed by atoms with Gasteiger partial charge in [-0.25, -0.2) is 4.39 Å². The van der Waals surface area contributed by atoms with Gasteiger partial charge in [0.05, 0.1) is 12.0 Å². The van der Waals surface area contributed by atoms with Crippen molar-refractivity contribution in [2.45, 2.75) is 32.3 Å². The first-order chi connectivity index (χ1) is 7.99. The van der Waals surface area contributed by atoms with Crippen LogP contribution in [0.3, 0.4) is 0 Å². The van der Waals surface area contributed by atoms with Gasteiger partial charge in [-0.15, -0.1) is 0 Å². The molecule has 2 atom stereocenters. The van der Waals surface area contributed by atoms with Crippen LogP contribution in [-0.2, 0) is 4.79 Å². The van der Waals surface area contributed by atoms with Crippen molar-refractivity contribution in [2.24, 2.45) is 5.92 Å². The van der Waals surface area contributed by atoms with Crippen LogP contribution in [0.15, 0.2) is 18.2 Å². The van der Waals surface area contributed by atoms with Crippen LogP contribution in [0.5, 0.6) is 5.75 Å². The number of hydrogen-bond donors (Lipinski definition) is 1. The first kappa shape index (κ1) is 11.9. The molecule has 1 saturated carbocycles. The van der Waals surface area contributed by atoms with Gasteiger partial charge in [-0.3, -0.25) is 4.79 Å². The fraction of sp³-hybridized carbons (Fsp3) is 0.462. The maximum absolute atomic E-state index is 13.7. The average Bonchev–Trinajstić information content (AvgIpc) is 3.00. The molecule has 0 amide bonds. The molecule has 2 rings (SSSR count). The molecule has 0 radical (unpaired) electrons. The fourth-order valence-corrected chi connectivity index (χ4v) is 1.93. The van der Waals surface area contributed by atoms with Gasteiger partial charge in [-0.05, 0) is 43.9 Å². The van der Waals surface area contributed by atoms with Gasteiger partial charge >= 0.3 is 5.97 Å². The lowest BCUT2D eigenvalue weighted by molar-refractivity contribution is -0.138. The fourth-order valence-electron chi connectivity index (χ4n) is 1.93. The Morgan fingerprint density at radius 1 is 1.53 bits per heavy atom. The average molecular weight is 238 g/mol. The highest BCUT2D eigenvalue weighted by atomic mass is 19.1.